The number of nitrogens with zero attached hydrogens (tertiary/aromatic N) is 4. The number of aromatic nitrogens is 3. The van der Waals surface area contributed by atoms with Crippen LogP contribution in [0.1, 0.15) is 18.7 Å². The van der Waals surface area contributed by atoms with Gasteiger partial charge in [0.05, 0.1) is 0 Å². The van der Waals surface area contributed by atoms with E-state index in [1.54, 1.807) is 12.1 Å². The van der Waals surface area contributed by atoms with Crippen LogP contribution < -0.4 is 16.0 Å². The van der Waals surface area contributed by atoms with E-state index in [2.05, 4.69) is 30.9 Å². The van der Waals surface area contributed by atoms with Crippen molar-refractivity contribution < 1.29 is 4.39 Å². The lowest BCUT2D eigenvalue weighted by atomic mass is 10.1. The standard InChI is InChI=1S/C15H16FN7/c16-10-1-3-11(4-2-10)19-14-21-13(9-17)22-15(23-14)20-12-5-7-18-8-6-12/h1-4,12,18H,5-8H2,(H2,19,20,21,22,23). The van der Waals surface area contributed by atoms with Crippen LogP contribution in [0.15, 0.2) is 24.3 Å². The molecule has 7 nitrogen and oxygen atoms in total. The first-order valence-electron chi connectivity index (χ1n) is 7.39. The molecule has 2 aromatic rings. The fourth-order valence-corrected chi connectivity index (χ4v) is 2.36. The van der Waals surface area contributed by atoms with Crippen LogP contribution in [0.3, 0.4) is 0 Å². The molecule has 3 N–H and O–H groups in total. The molecule has 1 aliphatic heterocycles. The Balaban J connectivity index is 1.78. The third kappa shape index (κ3) is 4.11. The Hall–Kier alpha value is -2.79. The first-order valence-corrected chi connectivity index (χ1v) is 7.39. The second-order valence-corrected chi connectivity index (χ2v) is 5.22. The van der Waals surface area contributed by atoms with E-state index in [9.17, 15) is 4.39 Å². The van der Waals surface area contributed by atoms with Gasteiger partial charge in [-0.2, -0.15) is 20.2 Å². The first kappa shape index (κ1) is 15.1. The van der Waals surface area contributed by atoms with Gasteiger partial charge in [-0.3, -0.25) is 0 Å². The molecule has 1 aromatic carbocycles. The molecule has 0 bridgehead atoms. The van der Waals surface area contributed by atoms with Crippen LogP contribution in [0, 0.1) is 17.1 Å². The molecule has 0 unspecified atom stereocenters. The number of halogens is 1. The van der Waals surface area contributed by atoms with Crippen molar-refractivity contribution in [2.24, 2.45) is 0 Å². The summed E-state index contributed by atoms with van der Waals surface area (Å²) in [4.78, 5) is 12.4. The van der Waals surface area contributed by atoms with Crippen molar-refractivity contribution in [2.45, 2.75) is 18.9 Å². The van der Waals surface area contributed by atoms with E-state index in [0.29, 0.717) is 11.6 Å². The smallest absolute Gasteiger partial charge is 0.238 e. The number of benzene rings is 1. The molecule has 0 aliphatic carbocycles. The molecule has 0 atom stereocenters. The summed E-state index contributed by atoms with van der Waals surface area (Å²) in [5, 5.41) is 18.5. The highest BCUT2D eigenvalue weighted by molar-refractivity contribution is 5.54. The Morgan fingerprint density at radius 2 is 1.78 bits per heavy atom. The van der Waals surface area contributed by atoms with Crippen molar-refractivity contribution in [1.29, 1.82) is 5.26 Å². The van der Waals surface area contributed by atoms with Gasteiger partial charge in [-0.25, -0.2) is 4.39 Å². The molecule has 3 rings (SSSR count). The summed E-state index contributed by atoms with van der Waals surface area (Å²) in [6.45, 7) is 1.88. The van der Waals surface area contributed by atoms with Gasteiger partial charge in [-0.05, 0) is 50.2 Å². The Labute approximate surface area is 133 Å². The molecule has 1 saturated heterocycles. The highest BCUT2D eigenvalue weighted by Gasteiger charge is 2.15. The van der Waals surface area contributed by atoms with Crippen LogP contribution in [0.4, 0.5) is 22.0 Å². The predicted octanol–water partition coefficient (Wildman–Crippen LogP) is 1.79. The molecule has 118 valence electrons. The maximum Gasteiger partial charge on any atom is 0.238 e. The van der Waals surface area contributed by atoms with Gasteiger partial charge in [0.15, 0.2) is 0 Å². The minimum absolute atomic E-state index is 0.0287. The number of nitrogens with one attached hydrogen (secondary N) is 3. The summed E-state index contributed by atoms with van der Waals surface area (Å²) < 4.78 is 12.9. The second kappa shape index (κ2) is 6.98. The predicted molar refractivity (Wildman–Crippen MR) is 83.7 cm³/mol. The maximum absolute atomic E-state index is 12.9. The summed E-state index contributed by atoms with van der Waals surface area (Å²) >= 11 is 0. The summed E-state index contributed by atoms with van der Waals surface area (Å²) in [6.07, 6.45) is 1.93. The van der Waals surface area contributed by atoms with Crippen molar-refractivity contribution in [1.82, 2.24) is 20.3 Å². The van der Waals surface area contributed by atoms with Crippen molar-refractivity contribution in [3.8, 4) is 6.07 Å². The SMILES string of the molecule is N#Cc1nc(Nc2ccc(F)cc2)nc(NC2CCNCC2)n1. The lowest BCUT2D eigenvalue weighted by Gasteiger charge is -2.23. The molecule has 0 saturated carbocycles. The number of piperidine rings is 1. The van der Waals surface area contributed by atoms with Crippen LogP contribution in [0.5, 0.6) is 0 Å². The Kier molecular flexibility index (Phi) is 4.59. The van der Waals surface area contributed by atoms with Gasteiger partial charge in [0.1, 0.15) is 11.9 Å². The van der Waals surface area contributed by atoms with E-state index in [-0.39, 0.29) is 23.6 Å². The third-order valence-electron chi connectivity index (χ3n) is 3.51. The van der Waals surface area contributed by atoms with Crippen LogP contribution in [0.25, 0.3) is 0 Å². The van der Waals surface area contributed by atoms with Gasteiger partial charge in [-0.15, -0.1) is 0 Å². The molecule has 2 heterocycles. The molecule has 0 spiro atoms. The summed E-state index contributed by atoms with van der Waals surface area (Å²) in [5.74, 6) is 0.325. The normalized spacial score (nSPS) is 15.0. The lowest BCUT2D eigenvalue weighted by molar-refractivity contribution is 0.477. The molecule has 1 aromatic heterocycles. The fourth-order valence-electron chi connectivity index (χ4n) is 2.36. The largest absolute Gasteiger partial charge is 0.351 e. The number of hydrogen-bond acceptors (Lipinski definition) is 7. The van der Waals surface area contributed by atoms with E-state index >= 15 is 0 Å². The summed E-state index contributed by atoms with van der Waals surface area (Å²) in [5.41, 5.74) is 0.634. The third-order valence-corrected chi connectivity index (χ3v) is 3.51. The topological polar surface area (TPSA) is 98.5 Å². The van der Waals surface area contributed by atoms with Gasteiger partial charge < -0.3 is 16.0 Å². The Morgan fingerprint density at radius 3 is 2.48 bits per heavy atom. The van der Waals surface area contributed by atoms with E-state index in [1.165, 1.54) is 12.1 Å². The van der Waals surface area contributed by atoms with Gasteiger partial charge in [0, 0.05) is 11.7 Å². The molecule has 0 amide bonds. The maximum atomic E-state index is 12.9. The zero-order valence-electron chi connectivity index (χ0n) is 12.4. The number of rotatable bonds is 4. The molecule has 8 heteroatoms. The van der Waals surface area contributed by atoms with Gasteiger partial charge in [0.25, 0.3) is 0 Å². The Bertz CT molecular complexity index is 705. The van der Waals surface area contributed by atoms with Crippen LogP contribution in [0.2, 0.25) is 0 Å². The van der Waals surface area contributed by atoms with Crippen LogP contribution >= 0.6 is 0 Å². The van der Waals surface area contributed by atoms with Gasteiger partial charge in [-0.1, -0.05) is 0 Å². The van der Waals surface area contributed by atoms with E-state index in [4.69, 9.17) is 5.26 Å². The zero-order valence-corrected chi connectivity index (χ0v) is 12.4. The fraction of sp³-hybridized carbons (Fsp3) is 0.333. The highest BCUT2D eigenvalue weighted by atomic mass is 19.1. The Morgan fingerprint density at radius 1 is 1.09 bits per heavy atom. The first-order chi connectivity index (χ1) is 11.2. The quantitative estimate of drug-likeness (QED) is 0.791. The average Bonchev–Trinajstić information content (AvgIpc) is 2.57. The summed E-state index contributed by atoms with van der Waals surface area (Å²) in [6, 6.07) is 8.01. The van der Waals surface area contributed by atoms with E-state index in [1.807, 2.05) is 6.07 Å². The summed E-state index contributed by atoms with van der Waals surface area (Å²) in [7, 11) is 0. The number of hydrogen-bond donors (Lipinski definition) is 3. The second-order valence-electron chi connectivity index (χ2n) is 5.22. The van der Waals surface area contributed by atoms with Crippen molar-refractivity contribution in [3.63, 3.8) is 0 Å². The van der Waals surface area contributed by atoms with E-state index in [0.717, 1.165) is 25.9 Å². The number of nitriles is 1. The molecular formula is C15H16FN7. The van der Waals surface area contributed by atoms with Crippen molar-refractivity contribution >= 4 is 17.6 Å². The minimum atomic E-state index is -0.322. The molecule has 1 fully saturated rings. The van der Waals surface area contributed by atoms with Crippen LogP contribution in [-0.2, 0) is 0 Å². The molecule has 23 heavy (non-hydrogen) atoms. The zero-order chi connectivity index (χ0) is 16.1. The minimum Gasteiger partial charge on any atom is -0.351 e. The molecular weight excluding hydrogens is 297 g/mol. The number of anilines is 3. The average molecular weight is 313 g/mol. The highest BCUT2D eigenvalue weighted by Crippen LogP contribution is 2.16. The molecule has 0 radical (unpaired) electrons. The van der Waals surface area contributed by atoms with Crippen molar-refractivity contribution in [3.05, 3.63) is 35.9 Å². The van der Waals surface area contributed by atoms with E-state index < -0.39 is 0 Å². The van der Waals surface area contributed by atoms with Gasteiger partial charge in [0.2, 0.25) is 17.7 Å². The molecule has 1 aliphatic rings. The monoisotopic (exact) mass is 313 g/mol. The van der Waals surface area contributed by atoms with Crippen LogP contribution in [-0.4, -0.2) is 34.1 Å². The van der Waals surface area contributed by atoms with Gasteiger partial charge >= 0.3 is 0 Å². The lowest BCUT2D eigenvalue weighted by Crippen LogP contribution is -2.35. The van der Waals surface area contributed by atoms with Crippen molar-refractivity contribution in [2.75, 3.05) is 23.7 Å².